The van der Waals surface area contributed by atoms with E-state index in [0.717, 1.165) is 56.7 Å². The fourth-order valence-corrected chi connectivity index (χ4v) is 3.45. The van der Waals surface area contributed by atoms with Crippen molar-refractivity contribution in [3.05, 3.63) is 17.6 Å². The Balaban J connectivity index is 1.66. The number of ether oxygens (including phenoxy) is 2. The van der Waals surface area contributed by atoms with E-state index >= 15 is 0 Å². The molecule has 0 aliphatic carbocycles. The van der Waals surface area contributed by atoms with Gasteiger partial charge in [0.2, 0.25) is 0 Å². The number of methoxy groups -OCH3 is 1. The molecule has 1 atom stereocenters. The van der Waals surface area contributed by atoms with Crippen molar-refractivity contribution >= 4 is 5.82 Å². The summed E-state index contributed by atoms with van der Waals surface area (Å²) in [6.45, 7) is 14.2. The molecule has 0 aromatic carbocycles. The molecule has 0 unspecified atom stereocenters. The van der Waals surface area contributed by atoms with Gasteiger partial charge in [0, 0.05) is 57.9 Å². The van der Waals surface area contributed by atoms with E-state index in [-0.39, 0.29) is 5.41 Å². The summed E-state index contributed by atoms with van der Waals surface area (Å²) in [5.74, 6) is 2.64. The van der Waals surface area contributed by atoms with Crippen molar-refractivity contribution in [2.24, 2.45) is 5.92 Å². The van der Waals surface area contributed by atoms with Crippen LogP contribution in [-0.4, -0.2) is 67.9 Å². The molecule has 0 saturated carbocycles. The summed E-state index contributed by atoms with van der Waals surface area (Å²) in [4.78, 5) is 14.5. The van der Waals surface area contributed by atoms with Gasteiger partial charge in [0.15, 0.2) is 0 Å². The van der Waals surface area contributed by atoms with Gasteiger partial charge in [0.1, 0.15) is 11.6 Å². The highest BCUT2D eigenvalue weighted by atomic mass is 16.5. The van der Waals surface area contributed by atoms with E-state index in [1.165, 1.54) is 13.0 Å². The van der Waals surface area contributed by atoms with Gasteiger partial charge in [-0.25, -0.2) is 9.97 Å². The predicted molar refractivity (Wildman–Crippen MR) is 99.0 cm³/mol. The van der Waals surface area contributed by atoms with Crippen LogP contribution in [0.3, 0.4) is 0 Å². The molecule has 0 N–H and O–H groups in total. The van der Waals surface area contributed by atoms with Crippen molar-refractivity contribution in [1.29, 1.82) is 0 Å². The predicted octanol–water partition coefficient (Wildman–Crippen LogP) is 2.08. The van der Waals surface area contributed by atoms with Crippen LogP contribution in [0, 0.1) is 5.92 Å². The van der Waals surface area contributed by atoms with Crippen molar-refractivity contribution in [2.45, 2.75) is 39.2 Å². The topological polar surface area (TPSA) is 50.7 Å². The lowest BCUT2D eigenvalue weighted by molar-refractivity contribution is 0.164. The standard InChI is InChI=1S/C19H32N4O2/c1-19(2,3)18-20-16(14-24-4)11-17(21-18)23-8-6-22(7-9-23)12-15-5-10-25-13-15/h11,15H,5-10,12-14H2,1-4H3/t15-/m1/s1. The summed E-state index contributed by atoms with van der Waals surface area (Å²) in [6, 6.07) is 2.08. The minimum atomic E-state index is -0.0667. The van der Waals surface area contributed by atoms with Gasteiger partial charge in [0.05, 0.1) is 18.9 Å². The van der Waals surface area contributed by atoms with E-state index in [1.807, 2.05) is 0 Å². The molecule has 2 aliphatic rings. The number of piperazine rings is 1. The molecule has 6 heteroatoms. The van der Waals surface area contributed by atoms with Crippen LogP contribution in [0.5, 0.6) is 0 Å². The van der Waals surface area contributed by atoms with Crippen molar-refractivity contribution in [3.8, 4) is 0 Å². The third-order valence-electron chi connectivity index (χ3n) is 4.97. The van der Waals surface area contributed by atoms with Crippen molar-refractivity contribution in [3.63, 3.8) is 0 Å². The first kappa shape index (κ1) is 18.5. The number of hydrogen-bond donors (Lipinski definition) is 0. The van der Waals surface area contributed by atoms with Crippen LogP contribution in [0.1, 0.15) is 38.7 Å². The average Bonchev–Trinajstić information content (AvgIpc) is 3.08. The van der Waals surface area contributed by atoms with Crippen molar-refractivity contribution in [2.75, 3.05) is 57.9 Å². The molecular formula is C19H32N4O2. The zero-order chi connectivity index (χ0) is 17.9. The molecule has 6 nitrogen and oxygen atoms in total. The third-order valence-corrected chi connectivity index (χ3v) is 4.97. The molecule has 140 valence electrons. The molecule has 0 amide bonds. The maximum absolute atomic E-state index is 5.50. The second-order valence-corrected chi connectivity index (χ2v) is 8.24. The van der Waals surface area contributed by atoms with Gasteiger partial charge >= 0.3 is 0 Å². The van der Waals surface area contributed by atoms with Crippen LogP contribution >= 0.6 is 0 Å². The summed E-state index contributed by atoms with van der Waals surface area (Å²) in [5.41, 5.74) is 0.894. The van der Waals surface area contributed by atoms with E-state index in [9.17, 15) is 0 Å². The Morgan fingerprint density at radius 3 is 2.56 bits per heavy atom. The zero-order valence-electron chi connectivity index (χ0n) is 16.1. The highest BCUT2D eigenvalue weighted by Crippen LogP contribution is 2.24. The Hall–Kier alpha value is -1.24. The second-order valence-electron chi connectivity index (χ2n) is 8.24. The fourth-order valence-electron chi connectivity index (χ4n) is 3.45. The number of anilines is 1. The number of aromatic nitrogens is 2. The molecular weight excluding hydrogens is 316 g/mol. The number of rotatable bonds is 5. The molecule has 3 heterocycles. The van der Waals surface area contributed by atoms with E-state index in [1.54, 1.807) is 7.11 Å². The average molecular weight is 348 g/mol. The molecule has 1 aromatic heterocycles. The van der Waals surface area contributed by atoms with Crippen LogP contribution in [0.2, 0.25) is 0 Å². The van der Waals surface area contributed by atoms with E-state index in [4.69, 9.17) is 14.5 Å². The van der Waals surface area contributed by atoms with Gasteiger partial charge in [-0.15, -0.1) is 0 Å². The minimum Gasteiger partial charge on any atom is -0.381 e. The lowest BCUT2D eigenvalue weighted by Crippen LogP contribution is -2.48. The Bertz CT molecular complexity index is 559. The molecule has 3 rings (SSSR count). The SMILES string of the molecule is COCc1cc(N2CCN(C[C@H]3CCOC3)CC2)nc(C(C)(C)C)n1. The maximum Gasteiger partial charge on any atom is 0.136 e. The van der Waals surface area contributed by atoms with Gasteiger partial charge in [-0.3, -0.25) is 4.90 Å². The van der Waals surface area contributed by atoms with E-state index in [0.29, 0.717) is 12.5 Å². The Kier molecular flexibility index (Phi) is 5.92. The molecule has 0 bridgehead atoms. The fraction of sp³-hybridized carbons (Fsp3) is 0.789. The highest BCUT2D eigenvalue weighted by molar-refractivity contribution is 5.41. The summed E-state index contributed by atoms with van der Waals surface area (Å²) in [5, 5.41) is 0. The maximum atomic E-state index is 5.50. The Morgan fingerprint density at radius 2 is 1.96 bits per heavy atom. The van der Waals surface area contributed by atoms with Crippen molar-refractivity contribution in [1.82, 2.24) is 14.9 Å². The van der Waals surface area contributed by atoms with E-state index < -0.39 is 0 Å². The lowest BCUT2D eigenvalue weighted by atomic mass is 9.95. The molecule has 2 aliphatic heterocycles. The molecule has 25 heavy (non-hydrogen) atoms. The summed E-state index contributed by atoms with van der Waals surface area (Å²) < 4.78 is 10.8. The van der Waals surface area contributed by atoms with Crippen LogP contribution in [0.25, 0.3) is 0 Å². The Morgan fingerprint density at radius 1 is 1.20 bits per heavy atom. The largest absolute Gasteiger partial charge is 0.381 e. The Labute approximate surface area is 151 Å². The first-order valence-electron chi connectivity index (χ1n) is 9.38. The van der Waals surface area contributed by atoms with Gasteiger partial charge in [-0.05, 0) is 12.3 Å². The summed E-state index contributed by atoms with van der Waals surface area (Å²) in [7, 11) is 1.71. The van der Waals surface area contributed by atoms with Gasteiger partial charge in [-0.2, -0.15) is 0 Å². The zero-order valence-corrected chi connectivity index (χ0v) is 16.1. The van der Waals surface area contributed by atoms with E-state index in [2.05, 4.69) is 41.6 Å². The number of hydrogen-bond acceptors (Lipinski definition) is 6. The molecule has 0 spiro atoms. The minimum absolute atomic E-state index is 0.0667. The molecule has 2 fully saturated rings. The van der Waals surface area contributed by atoms with Crippen LogP contribution in [0.15, 0.2) is 6.07 Å². The quantitative estimate of drug-likeness (QED) is 0.812. The first-order chi connectivity index (χ1) is 12.0. The van der Waals surface area contributed by atoms with Gasteiger partial charge < -0.3 is 14.4 Å². The number of nitrogens with zero attached hydrogens (tertiary/aromatic N) is 4. The van der Waals surface area contributed by atoms with Crippen LogP contribution in [-0.2, 0) is 21.5 Å². The van der Waals surface area contributed by atoms with Gasteiger partial charge in [-0.1, -0.05) is 20.8 Å². The van der Waals surface area contributed by atoms with Crippen molar-refractivity contribution < 1.29 is 9.47 Å². The first-order valence-corrected chi connectivity index (χ1v) is 9.38. The monoisotopic (exact) mass is 348 g/mol. The normalized spacial score (nSPS) is 22.6. The summed E-state index contributed by atoms with van der Waals surface area (Å²) in [6.07, 6.45) is 1.21. The molecule has 2 saturated heterocycles. The smallest absolute Gasteiger partial charge is 0.136 e. The summed E-state index contributed by atoms with van der Waals surface area (Å²) >= 11 is 0. The van der Waals surface area contributed by atoms with Gasteiger partial charge in [0.25, 0.3) is 0 Å². The highest BCUT2D eigenvalue weighted by Gasteiger charge is 2.25. The molecule has 1 aromatic rings. The van der Waals surface area contributed by atoms with Crippen LogP contribution < -0.4 is 4.90 Å². The third kappa shape index (κ3) is 4.90. The second kappa shape index (κ2) is 7.98. The molecule has 0 radical (unpaired) electrons. The lowest BCUT2D eigenvalue weighted by Gasteiger charge is -2.36. The van der Waals surface area contributed by atoms with Crippen LogP contribution in [0.4, 0.5) is 5.82 Å².